The van der Waals surface area contributed by atoms with Crippen LogP contribution in [0.1, 0.15) is 25.0 Å². The quantitative estimate of drug-likeness (QED) is 0.807. The Bertz CT molecular complexity index is 479. The van der Waals surface area contributed by atoms with E-state index in [1.165, 1.54) is 11.8 Å². The van der Waals surface area contributed by atoms with E-state index in [1.54, 1.807) is 0 Å². The lowest BCUT2D eigenvalue weighted by Crippen LogP contribution is -2.37. The summed E-state index contributed by atoms with van der Waals surface area (Å²) in [5.41, 5.74) is 0.941. The molecule has 6 heteroatoms. The molecule has 1 saturated heterocycles. The first-order chi connectivity index (χ1) is 9.56. The van der Waals surface area contributed by atoms with Crippen LogP contribution in [0, 0.1) is 0 Å². The van der Waals surface area contributed by atoms with Crippen molar-refractivity contribution in [2.75, 3.05) is 5.75 Å². The van der Waals surface area contributed by atoms with Crippen molar-refractivity contribution in [2.24, 2.45) is 0 Å². The Morgan fingerprint density at radius 1 is 1.45 bits per heavy atom. The maximum Gasteiger partial charge on any atom is 0.321 e. The van der Waals surface area contributed by atoms with Gasteiger partial charge < -0.3 is 9.84 Å². The summed E-state index contributed by atoms with van der Waals surface area (Å²) in [6.07, 6.45) is -0.128. The lowest BCUT2D eigenvalue weighted by molar-refractivity contribution is -0.149. The Labute approximate surface area is 121 Å². The fourth-order valence-corrected chi connectivity index (χ4v) is 3.16. The molecule has 2 N–H and O–H groups in total. The van der Waals surface area contributed by atoms with Crippen LogP contribution < -0.4 is 5.32 Å². The minimum absolute atomic E-state index is 0.172. The zero-order chi connectivity index (χ0) is 14.5. The second kappa shape index (κ2) is 6.76. The van der Waals surface area contributed by atoms with Gasteiger partial charge in [0.15, 0.2) is 0 Å². The highest BCUT2D eigenvalue weighted by atomic mass is 32.2. The van der Waals surface area contributed by atoms with Crippen LogP contribution in [0.4, 0.5) is 0 Å². The SMILES string of the molecule is CC(OC(=O)CC1NC(C(=O)O)CS1)c1ccccc1. The highest BCUT2D eigenvalue weighted by molar-refractivity contribution is 8.00. The summed E-state index contributed by atoms with van der Waals surface area (Å²) in [6.45, 7) is 1.82. The number of carbonyl (C=O) groups excluding carboxylic acids is 1. The Hall–Kier alpha value is -1.53. The van der Waals surface area contributed by atoms with E-state index in [4.69, 9.17) is 9.84 Å². The Morgan fingerprint density at radius 3 is 2.75 bits per heavy atom. The number of esters is 1. The molecule has 0 amide bonds. The maximum absolute atomic E-state index is 11.8. The first-order valence-corrected chi connectivity index (χ1v) is 7.46. The van der Waals surface area contributed by atoms with E-state index >= 15 is 0 Å². The first-order valence-electron chi connectivity index (χ1n) is 6.41. The topological polar surface area (TPSA) is 75.6 Å². The van der Waals surface area contributed by atoms with Crippen LogP contribution >= 0.6 is 11.8 Å². The Balaban J connectivity index is 1.80. The van der Waals surface area contributed by atoms with Crippen LogP contribution in [0.3, 0.4) is 0 Å². The van der Waals surface area contributed by atoms with E-state index in [9.17, 15) is 9.59 Å². The Kier molecular flexibility index (Phi) is 5.03. The highest BCUT2D eigenvalue weighted by Crippen LogP contribution is 2.23. The van der Waals surface area contributed by atoms with Crippen molar-refractivity contribution >= 4 is 23.7 Å². The summed E-state index contributed by atoms with van der Waals surface area (Å²) < 4.78 is 5.35. The van der Waals surface area contributed by atoms with E-state index in [-0.39, 0.29) is 23.9 Å². The Morgan fingerprint density at radius 2 is 2.15 bits per heavy atom. The molecule has 1 fully saturated rings. The van der Waals surface area contributed by atoms with Crippen LogP contribution in [0.15, 0.2) is 30.3 Å². The third kappa shape index (κ3) is 3.98. The van der Waals surface area contributed by atoms with Gasteiger partial charge in [0, 0.05) is 5.75 Å². The van der Waals surface area contributed by atoms with Crippen LogP contribution in [0.5, 0.6) is 0 Å². The minimum atomic E-state index is -0.883. The summed E-state index contributed by atoms with van der Waals surface area (Å²) in [6, 6.07) is 8.92. The van der Waals surface area contributed by atoms with Crippen molar-refractivity contribution in [2.45, 2.75) is 30.9 Å². The van der Waals surface area contributed by atoms with Crippen LogP contribution in [-0.4, -0.2) is 34.2 Å². The van der Waals surface area contributed by atoms with E-state index in [2.05, 4.69) is 5.32 Å². The lowest BCUT2D eigenvalue weighted by atomic mass is 10.1. The molecule has 1 heterocycles. The minimum Gasteiger partial charge on any atom is -0.480 e. The van der Waals surface area contributed by atoms with Gasteiger partial charge in [-0.3, -0.25) is 14.9 Å². The number of carboxylic acids is 1. The summed E-state index contributed by atoms with van der Waals surface area (Å²) in [5, 5.41) is 11.6. The van der Waals surface area contributed by atoms with Crippen LogP contribution in [0.25, 0.3) is 0 Å². The molecule has 1 aliphatic rings. The zero-order valence-corrected chi connectivity index (χ0v) is 11.9. The predicted molar refractivity (Wildman–Crippen MR) is 76.4 cm³/mol. The maximum atomic E-state index is 11.8. The summed E-state index contributed by atoms with van der Waals surface area (Å²) >= 11 is 1.44. The molecule has 20 heavy (non-hydrogen) atoms. The highest BCUT2D eigenvalue weighted by Gasteiger charge is 2.31. The predicted octanol–water partition coefficient (Wildman–Crippen LogP) is 1.80. The van der Waals surface area contributed by atoms with E-state index in [0.29, 0.717) is 5.75 Å². The molecule has 3 atom stereocenters. The molecule has 0 bridgehead atoms. The zero-order valence-electron chi connectivity index (χ0n) is 11.1. The number of ether oxygens (including phenoxy) is 1. The van der Waals surface area contributed by atoms with E-state index in [0.717, 1.165) is 5.56 Å². The van der Waals surface area contributed by atoms with Gasteiger partial charge >= 0.3 is 11.9 Å². The molecule has 3 unspecified atom stereocenters. The van der Waals surface area contributed by atoms with Gasteiger partial charge in [0.2, 0.25) is 0 Å². The number of aliphatic carboxylic acids is 1. The van der Waals surface area contributed by atoms with Crippen molar-refractivity contribution in [3.8, 4) is 0 Å². The molecule has 0 radical (unpaired) electrons. The van der Waals surface area contributed by atoms with Crippen LogP contribution in [0.2, 0.25) is 0 Å². The van der Waals surface area contributed by atoms with Gasteiger partial charge in [0.05, 0.1) is 11.8 Å². The molecule has 1 aromatic rings. The lowest BCUT2D eigenvalue weighted by Gasteiger charge is -2.15. The van der Waals surface area contributed by atoms with Crippen molar-refractivity contribution in [1.29, 1.82) is 0 Å². The average molecular weight is 295 g/mol. The summed E-state index contributed by atoms with van der Waals surface area (Å²) in [4.78, 5) is 22.6. The van der Waals surface area contributed by atoms with Gasteiger partial charge in [0.1, 0.15) is 12.1 Å². The monoisotopic (exact) mass is 295 g/mol. The molecule has 1 aromatic carbocycles. The fourth-order valence-electron chi connectivity index (χ4n) is 1.98. The van der Waals surface area contributed by atoms with Crippen molar-refractivity contribution in [3.05, 3.63) is 35.9 Å². The summed E-state index contributed by atoms with van der Waals surface area (Å²) in [7, 11) is 0. The molecule has 5 nitrogen and oxygen atoms in total. The number of rotatable bonds is 5. The third-order valence-electron chi connectivity index (χ3n) is 3.08. The van der Waals surface area contributed by atoms with Crippen molar-refractivity contribution in [3.63, 3.8) is 0 Å². The van der Waals surface area contributed by atoms with Gasteiger partial charge in [0.25, 0.3) is 0 Å². The molecular formula is C14H17NO4S. The third-order valence-corrected chi connectivity index (χ3v) is 4.31. The molecule has 0 saturated carbocycles. The number of hydrogen-bond donors (Lipinski definition) is 2. The smallest absolute Gasteiger partial charge is 0.321 e. The van der Waals surface area contributed by atoms with Gasteiger partial charge in [-0.05, 0) is 12.5 Å². The van der Waals surface area contributed by atoms with Gasteiger partial charge in [-0.15, -0.1) is 11.8 Å². The number of benzene rings is 1. The fraction of sp³-hybridized carbons (Fsp3) is 0.429. The molecular weight excluding hydrogens is 278 g/mol. The van der Waals surface area contributed by atoms with Crippen molar-refractivity contribution < 1.29 is 19.4 Å². The second-order valence-corrected chi connectivity index (χ2v) is 5.86. The molecule has 0 aliphatic carbocycles. The summed E-state index contributed by atoms with van der Waals surface area (Å²) in [5.74, 6) is -0.731. The largest absolute Gasteiger partial charge is 0.480 e. The number of hydrogen-bond acceptors (Lipinski definition) is 5. The van der Waals surface area contributed by atoms with Crippen molar-refractivity contribution in [1.82, 2.24) is 5.32 Å². The van der Waals surface area contributed by atoms with E-state index < -0.39 is 12.0 Å². The first kappa shape index (κ1) is 14.9. The van der Waals surface area contributed by atoms with Gasteiger partial charge in [-0.1, -0.05) is 30.3 Å². The molecule has 108 valence electrons. The van der Waals surface area contributed by atoms with Gasteiger partial charge in [-0.25, -0.2) is 0 Å². The number of thioether (sulfide) groups is 1. The van der Waals surface area contributed by atoms with E-state index in [1.807, 2.05) is 37.3 Å². The molecule has 0 spiro atoms. The second-order valence-electron chi connectivity index (χ2n) is 4.63. The standard InChI is InChI=1S/C14H17NO4S/c1-9(10-5-3-2-4-6-10)19-13(16)7-12-15-11(8-20-12)14(17)18/h2-6,9,11-12,15H,7-8H2,1H3,(H,17,18). The number of carboxylic acid groups (broad SMARTS) is 1. The van der Waals surface area contributed by atoms with Crippen LogP contribution in [-0.2, 0) is 14.3 Å². The number of carbonyl (C=O) groups is 2. The van der Waals surface area contributed by atoms with Gasteiger partial charge in [-0.2, -0.15) is 0 Å². The molecule has 0 aromatic heterocycles. The average Bonchev–Trinajstić information content (AvgIpc) is 2.88. The normalized spacial score (nSPS) is 23.2. The number of nitrogens with one attached hydrogen (secondary N) is 1. The molecule has 1 aliphatic heterocycles. The molecule has 2 rings (SSSR count).